The van der Waals surface area contributed by atoms with Crippen molar-refractivity contribution in [2.45, 2.75) is 45.7 Å². The molecule has 2 aromatic rings. The van der Waals surface area contributed by atoms with Gasteiger partial charge in [-0.1, -0.05) is 12.1 Å². The normalized spacial score (nSPS) is 16.0. The highest BCUT2D eigenvalue weighted by Gasteiger charge is 2.25. The highest BCUT2D eigenvalue weighted by Crippen LogP contribution is 2.34. The lowest BCUT2D eigenvalue weighted by atomic mass is 9.82. The summed E-state index contributed by atoms with van der Waals surface area (Å²) < 4.78 is 1.44. The van der Waals surface area contributed by atoms with Crippen LogP contribution >= 0.6 is 0 Å². The average molecular weight is 345 g/mol. The van der Waals surface area contributed by atoms with Crippen molar-refractivity contribution < 1.29 is 10.5 Å². The molecule has 25 heavy (non-hydrogen) atoms. The van der Waals surface area contributed by atoms with Crippen LogP contribution in [-0.4, -0.2) is 29.7 Å². The number of carbonyl (C=O) groups excluding carboxylic acids is 1. The van der Waals surface area contributed by atoms with Crippen molar-refractivity contribution in [1.29, 1.82) is 0 Å². The average Bonchev–Trinajstić information content (AvgIpc) is 3.03. The van der Waals surface area contributed by atoms with E-state index in [1.54, 1.807) is 7.05 Å². The van der Waals surface area contributed by atoms with Gasteiger partial charge in [0.2, 0.25) is 0 Å². The largest absolute Gasteiger partial charge is 0.360 e. The third-order valence-corrected chi connectivity index (χ3v) is 4.89. The van der Waals surface area contributed by atoms with Gasteiger partial charge in [-0.2, -0.15) is 0 Å². The van der Waals surface area contributed by atoms with E-state index in [0.717, 1.165) is 24.8 Å². The minimum Gasteiger partial charge on any atom is -0.360 e. The molecule has 1 heterocycles. The molecule has 0 spiro atoms. The van der Waals surface area contributed by atoms with E-state index in [0.29, 0.717) is 12.1 Å². The molecule has 1 unspecified atom stereocenters. The van der Waals surface area contributed by atoms with Crippen molar-refractivity contribution >= 4 is 5.78 Å². The first-order valence-electron chi connectivity index (χ1n) is 8.91. The molecule has 5 N–H and O–H groups in total. The van der Waals surface area contributed by atoms with Crippen LogP contribution in [0.25, 0.3) is 0 Å². The van der Waals surface area contributed by atoms with Gasteiger partial charge in [-0.15, -0.1) is 0 Å². The van der Waals surface area contributed by atoms with Crippen molar-refractivity contribution in [3.05, 3.63) is 56.5 Å². The number of nitrogens with one attached hydrogen (secondary N) is 2. The van der Waals surface area contributed by atoms with Gasteiger partial charge in [-0.25, -0.2) is 0 Å². The highest BCUT2D eigenvalue weighted by molar-refractivity contribution is 6.09. The van der Waals surface area contributed by atoms with Crippen molar-refractivity contribution in [3.63, 3.8) is 0 Å². The predicted octanol–water partition coefficient (Wildman–Crippen LogP) is 1.19. The number of fused-ring (bicyclic) bond motifs is 1. The zero-order valence-corrected chi connectivity index (χ0v) is 15.6. The lowest BCUT2D eigenvalue weighted by molar-refractivity contribution is -0.325. The van der Waals surface area contributed by atoms with Gasteiger partial charge in [0.05, 0.1) is 7.05 Å². The van der Waals surface area contributed by atoms with Crippen LogP contribution in [0.5, 0.6) is 0 Å². The number of hydrogen-bond acceptors (Lipinski definition) is 3. The zero-order valence-electron chi connectivity index (χ0n) is 15.6. The number of carbonyl (C=O) groups is 1. The summed E-state index contributed by atoms with van der Waals surface area (Å²) in [5, 5.41) is 6.20. The van der Waals surface area contributed by atoms with Crippen molar-refractivity contribution in [1.82, 2.24) is 15.1 Å². The van der Waals surface area contributed by atoms with E-state index < -0.39 is 0 Å². The summed E-state index contributed by atoms with van der Waals surface area (Å²) in [6.45, 7) is 4.39. The lowest BCUT2D eigenvalue weighted by Crippen LogP contribution is -2.40. The summed E-state index contributed by atoms with van der Waals surface area (Å²) in [6, 6.07) is 4.20. The number of aromatic amines is 1. The minimum absolute atomic E-state index is 0.195. The second kappa shape index (κ2) is 8.27. The van der Waals surface area contributed by atoms with E-state index in [1.165, 1.54) is 22.0 Å². The molecular formula is C19H29N4O2+. The molecule has 1 aromatic heterocycles. The molecule has 0 amide bonds. The summed E-state index contributed by atoms with van der Waals surface area (Å²) in [5.74, 6) is -0.195. The summed E-state index contributed by atoms with van der Waals surface area (Å²) in [7, 11) is 3.71. The Bertz CT molecular complexity index is 804. The Morgan fingerprint density at radius 1 is 1.36 bits per heavy atom. The van der Waals surface area contributed by atoms with Gasteiger partial charge >= 0.3 is 0 Å². The van der Waals surface area contributed by atoms with Crippen LogP contribution in [-0.2, 0) is 13.0 Å². The number of ketones is 1. The van der Waals surface area contributed by atoms with Crippen molar-refractivity contribution in [3.8, 4) is 0 Å². The fraction of sp³-hybridized carbons (Fsp3) is 0.474. The number of nitrogens with zero attached hydrogens (tertiary/aromatic N) is 1. The van der Waals surface area contributed by atoms with Gasteiger partial charge in [0, 0.05) is 24.3 Å². The first-order chi connectivity index (χ1) is 12.1. The molecule has 0 saturated carbocycles. The number of rotatable bonds is 4. The topological polar surface area (TPSA) is 94.5 Å². The minimum atomic E-state index is -0.250. The number of H-pyrrole nitrogens is 1. The molecule has 6 heteroatoms. The maximum Gasteiger partial charge on any atom is 0.277 e. The Balaban J connectivity index is 0.00000109. The molecule has 1 aromatic carbocycles. The number of aryl methyl sites for hydroxylation is 2. The molecule has 0 fully saturated rings. The van der Waals surface area contributed by atoms with Crippen LogP contribution in [0, 0.1) is 6.92 Å². The van der Waals surface area contributed by atoms with Crippen LogP contribution in [0.4, 0.5) is 0 Å². The molecular weight excluding hydrogens is 316 g/mol. The first-order valence-corrected chi connectivity index (χ1v) is 8.91. The molecule has 0 bridgehead atoms. The fourth-order valence-electron chi connectivity index (χ4n) is 3.61. The van der Waals surface area contributed by atoms with Crippen LogP contribution in [0.1, 0.15) is 58.4 Å². The molecule has 0 saturated heterocycles. The summed E-state index contributed by atoms with van der Waals surface area (Å²) in [6.07, 6.45) is 4.80. The van der Waals surface area contributed by atoms with Crippen LogP contribution in [0.2, 0.25) is 0 Å². The molecule has 1 aliphatic rings. The van der Waals surface area contributed by atoms with E-state index in [2.05, 4.69) is 16.1 Å². The summed E-state index contributed by atoms with van der Waals surface area (Å²) >= 11 is 0. The van der Waals surface area contributed by atoms with E-state index in [1.807, 2.05) is 33.0 Å². The standard InChI is InChI=1S/C18H23N3O2.CH5N/c1-4-21-18(23)14(10-20-21)17(22)13-9-8-12-6-5-7-15(19-3)16(12)11(13)2;1-2/h8-10,15,19-20H,4-7H2,1-3H3;2H2,1H3/p+1. The number of benzene rings is 1. The molecule has 1 aliphatic carbocycles. The zero-order chi connectivity index (χ0) is 18.6. The van der Waals surface area contributed by atoms with Crippen LogP contribution in [0.3, 0.4) is 0 Å². The second-order valence-corrected chi connectivity index (χ2v) is 6.11. The SMILES string of the molecule is CCn1[nH]cc(C(=O)c2ccc3c(c2C)C(NC)CCC3)c1=O.C[NH3+]. The molecule has 136 valence electrons. The van der Waals surface area contributed by atoms with E-state index in [-0.39, 0.29) is 22.9 Å². The first kappa shape index (κ1) is 19.1. The van der Waals surface area contributed by atoms with E-state index in [9.17, 15) is 9.59 Å². The molecule has 1 atom stereocenters. The van der Waals surface area contributed by atoms with Crippen molar-refractivity contribution in [2.24, 2.45) is 0 Å². The van der Waals surface area contributed by atoms with Gasteiger partial charge in [0.1, 0.15) is 5.56 Å². The van der Waals surface area contributed by atoms with Crippen molar-refractivity contribution in [2.75, 3.05) is 14.1 Å². The Morgan fingerprint density at radius 2 is 2.08 bits per heavy atom. The van der Waals surface area contributed by atoms with Gasteiger partial charge in [0.15, 0.2) is 5.78 Å². The maximum atomic E-state index is 12.8. The number of aromatic nitrogens is 2. The Labute approximate surface area is 148 Å². The van der Waals surface area contributed by atoms with E-state index >= 15 is 0 Å². The summed E-state index contributed by atoms with van der Waals surface area (Å²) in [4.78, 5) is 25.1. The number of quaternary nitrogens is 1. The molecule has 6 nitrogen and oxygen atoms in total. The smallest absolute Gasteiger partial charge is 0.277 e. The molecule has 0 radical (unpaired) electrons. The van der Waals surface area contributed by atoms with Gasteiger partial charge in [0.25, 0.3) is 5.56 Å². The molecule has 3 rings (SSSR count). The lowest BCUT2D eigenvalue weighted by Gasteiger charge is -2.28. The highest BCUT2D eigenvalue weighted by atomic mass is 16.2. The van der Waals surface area contributed by atoms with Crippen LogP contribution in [0.15, 0.2) is 23.1 Å². The Morgan fingerprint density at radius 3 is 2.68 bits per heavy atom. The predicted molar refractivity (Wildman–Crippen MR) is 98.9 cm³/mol. The van der Waals surface area contributed by atoms with Gasteiger partial charge in [-0.3, -0.25) is 14.3 Å². The Kier molecular flexibility index (Phi) is 6.33. The molecule has 0 aliphatic heterocycles. The quantitative estimate of drug-likeness (QED) is 0.727. The van der Waals surface area contributed by atoms with E-state index in [4.69, 9.17) is 0 Å². The number of hydrogen-bond donors (Lipinski definition) is 3. The third kappa shape index (κ3) is 3.45. The third-order valence-electron chi connectivity index (χ3n) is 4.89. The second-order valence-electron chi connectivity index (χ2n) is 6.11. The maximum absolute atomic E-state index is 12.8. The van der Waals surface area contributed by atoms with Gasteiger partial charge in [-0.05, 0) is 56.8 Å². The monoisotopic (exact) mass is 345 g/mol. The van der Waals surface area contributed by atoms with Gasteiger partial charge < -0.3 is 16.1 Å². The fourth-order valence-corrected chi connectivity index (χ4v) is 3.61. The van der Waals surface area contributed by atoms with Crippen LogP contribution < -0.4 is 16.6 Å². The summed E-state index contributed by atoms with van der Waals surface area (Å²) in [5.41, 5.74) is 7.38. The Hall–Kier alpha value is -2.18.